The van der Waals surface area contributed by atoms with E-state index >= 15 is 0 Å². The average Bonchev–Trinajstić information content (AvgIpc) is 2.73. The van der Waals surface area contributed by atoms with E-state index in [1.165, 1.54) is 0 Å². The van der Waals surface area contributed by atoms with Gasteiger partial charge in [-0.2, -0.15) is 0 Å². The first-order valence-electron chi connectivity index (χ1n) is 9.14. The number of para-hydroxylation sites is 1. The Kier molecular flexibility index (Phi) is 4.87. The first-order valence-corrected chi connectivity index (χ1v) is 9.14. The number of rotatable bonds is 4. The van der Waals surface area contributed by atoms with E-state index in [1.807, 2.05) is 43.3 Å². The van der Waals surface area contributed by atoms with Crippen LogP contribution in [0, 0.1) is 6.92 Å². The van der Waals surface area contributed by atoms with Gasteiger partial charge in [-0.15, -0.1) is 0 Å². The molecule has 0 fully saturated rings. The van der Waals surface area contributed by atoms with Crippen molar-refractivity contribution in [2.24, 2.45) is 0 Å². The number of amides is 1. The van der Waals surface area contributed by atoms with Crippen LogP contribution >= 0.6 is 0 Å². The molecule has 1 N–H and O–H groups in total. The van der Waals surface area contributed by atoms with Crippen LogP contribution in [0.15, 0.2) is 82.0 Å². The van der Waals surface area contributed by atoms with Crippen molar-refractivity contribution in [3.05, 3.63) is 94.3 Å². The lowest BCUT2D eigenvalue weighted by Gasteiger charge is -2.10. The van der Waals surface area contributed by atoms with Crippen molar-refractivity contribution in [1.82, 2.24) is 0 Å². The van der Waals surface area contributed by atoms with Gasteiger partial charge >= 0.3 is 5.63 Å². The Morgan fingerprint density at radius 1 is 0.931 bits per heavy atom. The van der Waals surface area contributed by atoms with Gasteiger partial charge < -0.3 is 14.5 Å². The third-order valence-corrected chi connectivity index (χ3v) is 4.75. The molecule has 3 aromatic carbocycles. The number of ether oxygens (including phenoxy) is 1. The Labute approximate surface area is 167 Å². The van der Waals surface area contributed by atoms with Crippen molar-refractivity contribution >= 4 is 22.6 Å². The quantitative estimate of drug-likeness (QED) is 0.500. The monoisotopic (exact) mass is 385 g/mol. The SMILES string of the molecule is COc1cccc(C(=O)Nc2ccc(-c3cc4ccccc4oc3=O)c(C)c2)c1. The molecule has 0 bridgehead atoms. The van der Waals surface area contributed by atoms with Gasteiger partial charge in [-0.05, 0) is 60.5 Å². The summed E-state index contributed by atoms with van der Waals surface area (Å²) in [6, 6.07) is 21.6. The van der Waals surface area contributed by atoms with E-state index in [0.29, 0.717) is 28.1 Å². The van der Waals surface area contributed by atoms with Crippen molar-refractivity contribution in [1.29, 1.82) is 0 Å². The Morgan fingerprint density at radius 3 is 2.55 bits per heavy atom. The smallest absolute Gasteiger partial charge is 0.344 e. The molecule has 0 unspecified atom stereocenters. The zero-order valence-electron chi connectivity index (χ0n) is 16.1. The molecule has 1 aromatic heterocycles. The number of hydrogen-bond acceptors (Lipinski definition) is 4. The predicted molar refractivity (Wildman–Crippen MR) is 114 cm³/mol. The summed E-state index contributed by atoms with van der Waals surface area (Å²) in [5.74, 6) is 0.383. The molecule has 0 aliphatic carbocycles. The second-order valence-electron chi connectivity index (χ2n) is 6.70. The van der Waals surface area contributed by atoms with E-state index in [0.717, 1.165) is 16.5 Å². The van der Waals surface area contributed by atoms with E-state index in [2.05, 4.69) is 5.32 Å². The standard InChI is InChI=1S/C24H19NO4/c1-15-12-18(25-23(26)17-7-5-8-19(13-17)28-2)10-11-20(15)21-14-16-6-3-4-9-22(16)29-24(21)27/h3-14H,1-2H3,(H,25,26). The van der Waals surface area contributed by atoms with E-state index in [4.69, 9.17) is 9.15 Å². The number of hydrogen-bond donors (Lipinski definition) is 1. The van der Waals surface area contributed by atoms with E-state index in [9.17, 15) is 9.59 Å². The lowest BCUT2D eigenvalue weighted by Crippen LogP contribution is -2.12. The zero-order valence-corrected chi connectivity index (χ0v) is 16.1. The third kappa shape index (κ3) is 3.75. The average molecular weight is 385 g/mol. The van der Waals surface area contributed by atoms with Gasteiger partial charge in [-0.25, -0.2) is 4.79 Å². The maximum absolute atomic E-state index is 12.5. The van der Waals surface area contributed by atoms with E-state index < -0.39 is 0 Å². The highest BCUT2D eigenvalue weighted by atomic mass is 16.5. The zero-order chi connectivity index (χ0) is 20.4. The predicted octanol–water partition coefficient (Wildman–Crippen LogP) is 5.03. The van der Waals surface area contributed by atoms with Crippen LogP contribution in [0.2, 0.25) is 0 Å². The van der Waals surface area contributed by atoms with Crippen molar-refractivity contribution < 1.29 is 13.9 Å². The van der Waals surface area contributed by atoms with Gasteiger partial charge in [-0.3, -0.25) is 4.79 Å². The number of anilines is 1. The molecule has 144 valence electrons. The Bertz CT molecular complexity index is 1270. The van der Waals surface area contributed by atoms with Gasteiger partial charge in [0.2, 0.25) is 0 Å². The molecule has 0 aliphatic heterocycles. The van der Waals surface area contributed by atoms with Gasteiger partial charge in [0.25, 0.3) is 5.91 Å². The molecule has 29 heavy (non-hydrogen) atoms. The third-order valence-electron chi connectivity index (χ3n) is 4.75. The summed E-state index contributed by atoms with van der Waals surface area (Å²) in [5.41, 5.74) is 3.43. The lowest BCUT2D eigenvalue weighted by atomic mass is 10.0. The van der Waals surface area contributed by atoms with Crippen LogP contribution in [-0.2, 0) is 0 Å². The molecule has 4 rings (SSSR count). The summed E-state index contributed by atoms with van der Waals surface area (Å²) in [7, 11) is 1.56. The highest BCUT2D eigenvalue weighted by Gasteiger charge is 2.12. The first kappa shape index (κ1) is 18.5. The van der Waals surface area contributed by atoms with Crippen LogP contribution in [0.5, 0.6) is 5.75 Å². The van der Waals surface area contributed by atoms with Crippen LogP contribution in [0.3, 0.4) is 0 Å². The van der Waals surface area contributed by atoms with Crippen molar-refractivity contribution in [3.63, 3.8) is 0 Å². The summed E-state index contributed by atoms with van der Waals surface area (Å²) in [6.07, 6.45) is 0. The maximum Gasteiger partial charge on any atom is 0.344 e. The number of benzene rings is 3. The van der Waals surface area contributed by atoms with Crippen molar-refractivity contribution in [3.8, 4) is 16.9 Å². The summed E-state index contributed by atoms with van der Waals surface area (Å²) < 4.78 is 10.6. The van der Waals surface area contributed by atoms with Crippen LogP contribution in [0.4, 0.5) is 5.69 Å². The fraction of sp³-hybridized carbons (Fsp3) is 0.0833. The maximum atomic E-state index is 12.5. The van der Waals surface area contributed by atoms with Crippen molar-refractivity contribution in [2.45, 2.75) is 6.92 Å². The minimum Gasteiger partial charge on any atom is -0.497 e. The normalized spacial score (nSPS) is 10.7. The Balaban J connectivity index is 1.64. The molecule has 0 aliphatic rings. The molecular formula is C24H19NO4. The minimum absolute atomic E-state index is 0.235. The minimum atomic E-state index is -0.389. The summed E-state index contributed by atoms with van der Waals surface area (Å²) >= 11 is 0. The molecule has 1 heterocycles. The molecule has 5 nitrogen and oxygen atoms in total. The number of fused-ring (bicyclic) bond motifs is 1. The number of carbonyl (C=O) groups is 1. The summed E-state index contributed by atoms with van der Waals surface area (Å²) in [5, 5.41) is 3.74. The number of nitrogens with one attached hydrogen (secondary N) is 1. The van der Waals surface area contributed by atoms with E-state index in [1.54, 1.807) is 43.5 Å². The van der Waals surface area contributed by atoms with Crippen LogP contribution in [-0.4, -0.2) is 13.0 Å². The summed E-state index contributed by atoms with van der Waals surface area (Å²) in [4.78, 5) is 25.0. The molecule has 0 spiro atoms. The second-order valence-corrected chi connectivity index (χ2v) is 6.70. The van der Waals surface area contributed by atoms with Crippen molar-refractivity contribution in [2.75, 3.05) is 12.4 Å². The Hall–Kier alpha value is -3.86. The van der Waals surface area contributed by atoms with Gasteiger partial charge in [0.05, 0.1) is 12.7 Å². The molecule has 4 aromatic rings. The highest BCUT2D eigenvalue weighted by molar-refractivity contribution is 6.04. The van der Waals surface area contributed by atoms with Gasteiger partial charge in [0.1, 0.15) is 11.3 Å². The molecular weight excluding hydrogens is 366 g/mol. The van der Waals surface area contributed by atoms with Crippen LogP contribution in [0.1, 0.15) is 15.9 Å². The second kappa shape index (κ2) is 7.64. The topological polar surface area (TPSA) is 68.5 Å². The highest BCUT2D eigenvalue weighted by Crippen LogP contribution is 2.26. The number of aryl methyl sites for hydroxylation is 1. The fourth-order valence-corrected chi connectivity index (χ4v) is 3.26. The molecule has 5 heteroatoms. The Morgan fingerprint density at radius 2 is 1.76 bits per heavy atom. The van der Waals surface area contributed by atoms with Gasteiger partial charge in [0.15, 0.2) is 0 Å². The largest absolute Gasteiger partial charge is 0.497 e. The number of methoxy groups -OCH3 is 1. The molecule has 0 saturated carbocycles. The van der Waals surface area contributed by atoms with E-state index in [-0.39, 0.29) is 11.5 Å². The molecule has 0 saturated heterocycles. The molecule has 0 radical (unpaired) electrons. The first-order chi connectivity index (χ1) is 14.0. The van der Waals surface area contributed by atoms with Gasteiger partial charge in [-0.1, -0.05) is 30.3 Å². The number of carbonyl (C=O) groups excluding carboxylic acids is 1. The lowest BCUT2D eigenvalue weighted by molar-refractivity contribution is 0.102. The molecule has 1 amide bonds. The fourth-order valence-electron chi connectivity index (χ4n) is 3.26. The van der Waals surface area contributed by atoms with Crippen LogP contribution < -0.4 is 15.7 Å². The van der Waals surface area contributed by atoms with Crippen LogP contribution in [0.25, 0.3) is 22.1 Å². The van der Waals surface area contributed by atoms with Gasteiger partial charge in [0, 0.05) is 16.6 Å². The molecule has 0 atom stereocenters. The summed E-state index contributed by atoms with van der Waals surface area (Å²) in [6.45, 7) is 1.89.